The third-order valence-electron chi connectivity index (χ3n) is 4.02. The van der Waals surface area contributed by atoms with Gasteiger partial charge in [-0.15, -0.1) is 0 Å². The van der Waals surface area contributed by atoms with Crippen molar-refractivity contribution < 1.29 is 24.2 Å². The molecular weight excluding hydrogens is 316 g/mol. The molecule has 1 aromatic carbocycles. The van der Waals surface area contributed by atoms with Gasteiger partial charge in [-0.2, -0.15) is 0 Å². The van der Waals surface area contributed by atoms with Crippen molar-refractivity contribution in [3.05, 3.63) is 40.1 Å². The molecular formula is C16H20N2O6. The van der Waals surface area contributed by atoms with Crippen LogP contribution in [-0.2, 0) is 9.47 Å². The highest BCUT2D eigenvalue weighted by molar-refractivity contribution is 5.62. The number of nitro groups is 1. The van der Waals surface area contributed by atoms with Crippen LogP contribution < -0.4 is 4.74 Å². The molecule has 2 aliphatic heterocycles. The predicted octanol–water partition coefficient (Wildman–Crippen LogP) is 1.03. The summed E-state index contributed by atoms with van der Waals surface area (Å²) < 4.78 is 16.9. The van der Waals surface area contributed by atoms with Gasteiger partial charge >= 0.3 is 0 Å². The number of aliphatic hydroxyl groups is 1. The van der Waals surface area contributed by atoms with Crippen molar-refractivity contribution in [2.75, 3.05) is 27.3 Å². The number of fused-ring (bicyclic) bond motifs is 1. The van der Waals surface area contributed by atoms with Crippen LogP contribution in [0.1, 0.15) is 5.56 Å². The number of hydrogen-bond acceptors (Lipinski definition) is 7. The number of benzene rings is 1. The molecule has 3 rings (SSSR count). The number of nitrogens with zero attached hydrogens (tertiary/aromatic N) is 2. The Morgan fingerprint density at radius 2 is 2.08 bits per heavy atom. The first kappa shape index (κ1) is 16.7. The smallest absolute Gasteiger partial charge is 0.276 e. The summed E-state index contributed by atoms with van der Waals surface area (Å²) in [6.07, 6.45) is 1.71. The second-order valence-corrected chi connectivity index (χ2v) is 6.08. The van der Waals surface area contributed by atoms with Crippen LogP contribution >= 0.6 is 0 Å². The molecule has 0 bridgehead atoms. The third-order valence-corrected chi connectivity index (χ3v) is 4.02. The molecule has 2 saturated heterocycles. The maximum Gasteiger partial charge on any atom is 0.276 e. The summed E-state index contributed by atoms with van der Waals surface area (Å²) in [5.74, 6) is 0.498. The van der Waals surface area contributed by atoms with Crippen molar-refractivity contribution >= 4 is 11.8 Å². The summed E-state index contributed by atoms with van der Waals surface area (Å²) in [4.78, 5) is 12.5. The normalized spacial score (nSPS) is 29.0. The van der Waals surface area contributed by atoms with E-state index in [1.54, 1.807) is 29.3 Å². The van der Waals surface area contributed by atoms with E-state index in [1.807, 2.05) is 14.1 Å². The lowest BCUT2D eigenvalue weighted by atomic mass is 10.1. The topological polar surface area (TPSA) is 94.3 Å². The van der Waals surface area contributed by atoms with E-state index in [4.69, 9.17) is 14.2 Å². The number of rotatable bonds is 5. The number of nitro benzene ring substituents is 1. The molecule has 1 aromatic rings. The van der Waals surface area contributed by atoms with Crippen LogP contribution in [0.15, 0.2) is 24.4 Å². The van der Waals surface area contributed by atoms with Crippen LogP contribution in [0.25, 0.3) is 6.08 Å². The van der Waals surface area contributed by atoms with E-state index >= 15 is 0 Å². The summed E-state index contributed by atoms with van der Waals surface area (Å²) >= 11 is 0. The fraction of sp³-hybridized carbons (Fsp3) is 0.500. The second-order valence-electron chi connectivity index (χ2n) is 6.08. The quantitative estimate of drug-likeness (QED) is 0.634. The number of aliphatic hydroxyl groups excluding tert-OH is 1. The zero-order valence-electron chi connectivity index (χ0n) is 13.5. The molecule has 0 saturated carbocycles. The van der Waals surface area contributed by atoms with E-state index in [0.29, 0.717) is 17.9 Å². The van der Waals surface area contributed by atoms with E-state index in [-0.39, 0.29) is 30.6 Å². The van der Waals surface area contributed by atoms with Gasteiger partial charge in [0.25, 0.3) is 5.69 Å². The zero-order valence-corrected chi connectivity index (χ0v) is 13.5. The van der Waals surface area contributed by atoms with Crippen LogP contribution in [0.2, 0.25) is 0 Å². The Kier molecular flexibility index (Phi) is 4.70. The fourth-order valence-corrected chi connectivity index (χ4v) is 2.85. The van der Waals surface area contributed by atoms with E-state index in [9.17, 15) is 15.2 Å². The SMILES string of the molecule is CN(C)/C=C/c1cc(O[C@@H]2CO[C@H]3[C@@H]2OC[C@H]3O)ccc1[N+](=O)[O-]. The van der Waals surface area contributed by atoms with Gasteiger partial charge in [-0.25, -0.2) is 0 Å². The highest BCUT2D eigenvalue weighted by Gasteiger charge is 2.48. The Labute approximate surface area is 139 Å². The first-order valence-corrected chi connectivity index (χ1v) is 7.66. The molecule has 1 N–H and O–H groups in total. The van der Waals surface area contributed by atoms with Crippen LogP contribution in [0.4, 0.5) is 5.69 Å². The first-order chi connectivity index (χ1) is 11.5. The second kappa shape index (κ2) is 6.76. The van der Waals surface area contributed by atoms with Gasteiger partial charge in [-0.05, 0) is 24.4 Å². The van der Waals surface area contributed by atoms with Gasteiger partial charge in [0.05, 0.1) is 23.7 Å². The van der Waals surface area contributed by atoms with Crippen LogP contribution in [0.5, 0.6) is 5.75 Å². The van der Waals surface area contributed by atoms with E-state index in [1.165, 1.54) is 6.07 Å². The summed E-state index contributed by atoms with van der Waals surface area (Å²) in [5, 5.41) is 20.9. The average molecular weight is 336 g/mol. The Hall–Kier alpha value is -2.16. The zero-order chi connectivity index (χ0) is 17.3. The molecule has 0 spiro atoms. The number of hydrogen-bond donors (Lipinski definition) is 1. The molecule has 130 valence electrons. The molecule has 4 atom stereocenters. The van der Waals surface area contributed by atoms with Gasteiger partial charge in [0.2, 0.25) is 0 Å². The molecule has 2 heterocycles. The third kappa shape index (κ3) is 3.35. The Morgan fingerprint density at radius 3 is 2.79 bits per heavy atom. The largest absolute Gasteiger partial charge is 0.485 e. The summed E-state index contributed by atoms with van der Waals surface area (Å²) in [7, 11) is 3.67. The maximum atomic E-state index is 11.2. The van der Waals surface area contributed by atoms with Crippen LogP contribution in [0.3, 0.4) is 0 Å². The molecule has 0 unspecified atom stereocenters. The molecule has 24 heavy (non-hydrogen) atoms. The van der Waals surface area contributed by atoms with Crippen molar-refractivity contribution in [1.29, 1.82) is 0 Å². The van der Waals surface area contributed by atoms with E-state index < -0.39 is 11.0 Å². The Morgan fingerprint density at radius 1 is 1.33 bits per heavy atom. The van der Waals surface area contributed by atoms with Gasteiger partial charge < -0.3 is 24.2 Å². The summed E-state index contributed by atoms with van der Waals surface area (Å²) in [6.45, 7) is 0.540. The monoisotopic (exact) mass is 336 g/mol. The van der Waals surface area contributed by atoms with Gasteiger partial charge in [-0.1, -0.05) is 0 Å². The van der Waals surface area contributed by atoms with Crippen molar-refractivity contribution in [3.63, 3.8) is 0 Å². The lowest BCUT2D eigenvalue weighted by Crippen LogP contribution is -2.34. The predicted molar refractivity (Wildman–Crippen MR) is 85.7 cm³/mol. The van der Waals surface area contributed by atoms with E-state index in [2.05, 4.69) is 0 Å². The lowest BCUT2D eigenvalue weighted by molar-refractivity contribution is -0.385. The highest BCUT2D eigenvalue weighted by atomic mass is 16.6. The molecule has 8 heteroatoms. The highest BCUT2D eigenvalue weighted by Crippen LogP contribution is 2.32. The molecule has 2 fully saturated rings. The van der Waals surface area contributed by atoms with Crippen LogP contribution in [-0.4, -0.2) is 66.7 Å². The average Bonchev–Trinajstić information content (AvgIpc) is 3.09. The number of ether oxygens (including phenoxy) is 3. The van der Waals surface area contributed by atoms with Gasteiger partial charge in [-0.3, -0.25) is 10.1 Å². The Balaban J connectivity index is 1.79. The standard InChI is InChI=1S/C16H20N2O6/c1-17(2)6-5-10-7-11(3-4-12(10)18(20)21)24-14-9-23-15-13(19)8-22-16(14)15/h3-7,13-16,19H,8-9H2,1-2H3/b6-5+/t13-,14-,15-,16-/m1/s1. The molecule has 0 amide bonds. The maximum absolute atomic E-state index is 11.2. The van der Waals surface area contributed by atoms with Crippen LogP contribution in [0, 0.1) is 10.1 Å². The lowest BCUT2D eigenvalue weighted by Gasteiger charge is -2.18. The minimum Gasteiger partial charge on any atom is -0.485 e. The molecule has 0 aromatic heterocycles. The van der Waals surface area contributed by atoms with Gasteiger partial charge in [0.1, 0.15) is 24.1 Å². The van der Waals surface area contributed by atoms with Crippen molar-refractivity contribution in [3.8, 4) is 5.75 Å². The minimum atomic E-state index is -0.640. The first-order valence-electron chi connectivity index (χ1n) is 7.66. The van der Waals surface area contributed by atoms with E-state index in [0.717, 1.165) is 0 Å². The molecule has 8 nitrogen and oxygen atoms in total. The summed E-state index contributed by atoms with van der Waals surface area (Å²) in [6, 6.07) is 4.60. The molecule has 0 aliphatic carbocycles. The fourth-order valence-electron chi connectivity index (χ4n) is 2.85. The summed E-state index contributed by atoms with van der Waals surface area (Å²) in [5.41, 5.74) is 0.461. The minimum absolute atomic E-state index is 0.00790. The van der Waals surface area contributed by atoms with Gasteiger partial charge in [0.15, 0.2) is 6.10 Å². The van der Waals surface area contributed by atoms with Crippen molar-refractivity contribution in [2.24, 2.45) is 0 Å². The molecule has 0 radical (unpaired) electrons. The molecule has 2 aliphatic rings. The van der Waals surface area contributed by atoms with Crippen molar-refractivity contribution in [2.45, 2.75) is 24.4 Å². The van der Waals surface area contributed by atoms with Crippen molar-refractivity contribution in [1.82, 2.24) is 4.90 Å². The van der Waals surface area contributed by atoms with Gasteiger partial charge in [0, 0.05) is 20.2 Å². The Bertz CT molecular complexity index is 647.